The molecule has 4 heterocycles. The van der Waals surface area contributed by atoms with Crippen LogP contribution in [0.2, 0.25) is 5.02 Å². The van der Waals surface area contributed by atoms with E-state index in [1.165, 1.54) is 17.1 Å². The fraction of sp³-hybridized carbons (Fsp3) is 0.375. The number of anilines is 1. The Balaban J connectivity index is 1.01. The van der Waals surface area contributed by atoms with Crippen molar-refractivity contribution in [2.24, 2.45) is 12.5 Å². The normalized spacial score (nSPS) is 17.7. The number of hydrogen-bond acceptors (Lipinski definition) is 6. The van der Waals surface area contributed by atoms with Gasteiger partial charge >= 0.3 is 0 Å². The average molecular weight is 483 g/mol. The quantitative estimate of drug-likeness (QED) is 0.454. The van der Waals surface area contributed by atoms with Crippen molar-refractivity contribution in [2.45, 2.75) is 18.9 Å². The number of nitrogens with zero attached hydrogens (tertiary/aromatic N) is 5. The largest absolute Gasteiger partial charge is 0.490 e. The molecular formula is C24H24ClFN6O2. The van der Waals surface area contributed by atoms with Gasteiger partial charge < -0.3 is 19.5 Å². The van der Waals surface area contributed by atoms with Crippen LogP contribution in [-0.2, 0) is 7.05 Å². The van der Waals surface area contributed by atoms with Gasteiger partial charge in [-0.15, -0.1) is 10.2 Å². The predicted octanol–water partition coefficient (Wildman–Crippen LogP) is 3.33. The summed E-state index contributed by atoms with van der Waals surface area (Å²) < 4.78 is 23.5. The molecule has 176 valence electrons. The van der Waals surface area contributed by atoms with E-state index < -0.39 is 0 Å². The Bertz CT molecular complexity index is 1450. The second-order valence-corrected chi connectivity index (χ2v) is 9.89. The van der Waals surface area contributed by atoms with E-state index in [-0.39, 0.29) is 17.5 Å². The number of pyridine rings is 2. The van der Waals surface area contributed by atoms with E-state index in [1.54, 1.807) is 29.8 Å². The smallest absolute Gasteiger partial charge is 0.259 e. The van der Waals surface area contributed by atoms with Crippen molar-refractivity contribution in [2.75, 3.05) is 31.5 Å². The molecule has 1 spiro atoms. The summed E-state index contributed by atoms with van der Waals surface area (Å²) in [5.41, 5.74) is 1.23. The third-order valence-corrected chi connectivity index (χ3v) is 7.33. The van der Waals surface area contributed by atoms with E-state index in [2.05, 4.69) is 20.4 Å². The van der Waals surface area contributed by atoms with Crippen molar-refractivity contribution in [1.82, 2.24) is 24.1 Å². The maximum Gasteiger partial charge on any atom is 0.259 e. The number of hydrogen-bond donors (Lipinski definition) is 1. The Labute approximate surface area is 199 Å². The molecular weight excluding hydrogens is 459 g/mol. The summed E-state index contributed by atoms with van der Waals surface area (Å²) >= 11 is 6.29. The Morgan fingerprint density at radius 3 is 2.94 bits per heavy atom. The van der Waals surface area contributed by atoms with Gasteiger partial charge in [0.25, 0.3) is 5.56 Å². The van der Waals surface area contributed by atoms with E-state index in [0.717, 1.165) is 37.9 Å². The molecule has 34 heavy (non-hydrogen) atoms. The number of halogens is 2. The molecule has 0 unspecified atom stereocenters. The summed E-state index contributed by atoms with van der Waals surface area (Å²) in [6, 6.07) is 7.14. The van der Waals surface area contributed by atoms with Crippen LogP contribution in [0.1, 0.15) is 12.8 Å². The van der Waals surface area contributed by atoms with Crippen LogP contribution in [0.5, 0.6) is 5.75 Å². The summed E-state index contributed by atoms with van der Waals surface area (Å²) in [6.07, 6.45) is 6.72. The second-order valence-electron chi connectivity index (χ2n) is 9.48. The minimum atomic E-state index is -0.320. The molecule has 8 nitrogen and oxygen atoms in total. The highest BCUT2D eigenvalue weighted by molar-refractivity contribution is 6.35. The van der Waals surface area contributed by atoms with Gasteiger partial charge in [0.1, 0.15) is 12.1 Å². The zero-order valence-electron chi connectivity index (χ0n) is 18.7. The van der Waals surface area contributed by atoms with Crippen LogP contribution in [0.3, 0.4) is 0 Å². The van der Waals surface area contributed by atoms with Gasteiger partial charge in [-0.2, -0.15) is 0 Å². The van der Waals surface area contributed by atoms with Crippen LogP contribution in [0.4, 0.5) is 10.1 Å². The number of rotatable bonds is 6. The molecule has 1 aromatic carbocycles. The molecule has 10 heteroatoms. The highest BCUT2D eigenvalue weighted by Crippen LogP contribution is 2.50. The number of benzene rings is 1. The summed E-state index contributed by atoms with van der Waals surface area (Å²) in [5, 5.41) is 12.6. The van der Waals surface area contributed by atoms with Gasteiger partial charge in [0, 0.05) is 62.5 Å². The van der Waals surface area contributed by atoms with Gasteiger partial charge in [-0.25, -0.2) is 4.39 Å². The maximum absolute atomic E-state index is 14.2. The van der Waals surface area contributed by atoms with Crippen LogP contribution in [-0.4, -0.2) is 56.3 Å². The number of aryl methyl sites for hydroxylation is 1. The van der Waals surface area contributed by atoms with Crippen LogP contribution >= 0.6 is 11.6 Å². The van der Waals surface area contributed by atoms with E-state index >= 15 is 0 Å². The van der Waals surface area contributed by atoms with Gasteiger partial charge in [-0.1, -0.05) is 11.6 Å². The molecule has 1 aliphatic heterocycles. The predicted molar refractivity (Wildman–Crippen MR) is 128 cm³/mol. The molecule has 0 atom stereocenters. The summed E-state index contributed by atoms with van der Waals surface area (Å²) in [4.78, 5) is 14.9. The van der Waals surface area contributed by atoms with E-state index in [9.17, 15) is 9.18 Å². The molecule has 1 saturated heterocycles. The number of fused-ring (bicyclic) bond motifs is 2. The van der Waals surface area contributed by atoms with Gasteiger partial charge in [0.05, 0.1) is 22.2 Å². The van der Waals surface area contributed by atoms with E-state index in [4.69, 9.17) is 16.3 Å². The minimum absolute atomic E-state index is 0.123. The summed E-state index contributed by atoms with van der Waals surface area (Å²) in [5.74, 6) is 0.392. The second kappa shape index (κ2) is 7.95. The summed E-state index contributed by atoms with van der Waals surface area (Å²) in [6.45, 7) is 3.53. The highest BCUT2D eigenvalue weighted by Gasteiger charge is 2.53. The first-order valence-corrected chi connectivity index (χ1v) is 11.7. The number of ether oxygens (including phenoxy) is 1. The minimum Gasteiger partial charge on any atom is -0.490 e. The first-order chi connectivity index (χ1) is 16.4. The van der Waals surface area contributed by atoms with Crippen LogP contribution in [0.25, 0.3) is 16.4 Å². The van der Waals surface area contributed by atoms with Gasteiger partial charge in [-0.05, 0) is 31.0 Å². The highest BCUT2D eigenvalue weighted by atomic mass is 35.5. The molecule has 0 radical (unpaired) electrons. The Hall–Kier alpha value is -3.17. The van der Waals surface area contributed by atoms with Gasteiger partial charge in [0.15, 0.2) is 11.5 Å². The van der Waals surface area contributed by atoms with Crippen molar-refractivity contribution in [3.8, 4) is 5.75 Å². The lowest BCUT2D eigenvalue weighted by Gasteiger charge is -2.58. The van der Waals surface area contributed by atoms with Crippen LogP contribution < -0.4 is 15.6 Å². The lowest BCUT2D eigenvalue weighted by molar-refractivity contribution is -0.117. The third kappa shape index (κ3) is 3.59. The van der Waals surface area contributed by atoms with E-state index in [0.29, 0.717) is 39.5 Å². The van der Waals surface area contributed by atoms with E-state index in [1.807, 2.05) is 12.1 Å². The first-order valence-electron chi connectivity index (χ1n) is 11.3. The zero-order valence-corrected chi connectivity index (χ0v) is 19.4. The molecule has 2 fully saturated rings. The van der Waals surface area contributed by atoms with Crippen molar-refractivity contribution in [3.05, 3.63) is 64.2 Å². The van der Waals surface area contributed by atoms with Gasteiger partial charge in [-0.3, -0.25) is 9.20 Å². The molecule has 3 aromatic heterocycles. The Kier molecular flexibility index (Phi) is 5.00. The molecule has 4 aromatic rings. The fourth-order valence-electron chi connectivity index (χ4n) is 5.31. The fourth-order valence-corrected chi connectivity index (χ4v) is 5.55. The Morgan fingerprint density at radius 1 is 1.29 bits per heavy atom. The monoisotopic (exact) mass is 482 g/mol. The standard InChI is InChI=1S/C24H24ClFN6O2/c1-30-6-4-16-20(3-2-17(25)22(16)23(30)33)34-15-9-24(10-15)12-31(13-24)7-5-27-19-8-21-29-28-14-32(21)11-18(19)26/h2-4,6,8,11,14-15,27H,5,7,9-10,12-13H2,1H3. The lowest BCUT2D eigenvalue weighted by Crippen LogP contribution is -2.65. The molecule has 1 aliphatic carbocycles. The molecule has 6 rings (SSSR count). The SMILES string of the molecule is Cn1ccc2c(OC3CC4(C3)CN(CCNc3cc5nncn5cc3F)C4)ccc(Cl)c2c1=O. The van der Waals surface area contributed by atoms with Crippen LogP contribution in [0, 0.1) is 11.2 Å². The molecule has 1 N–H and O–H groups in total. The number of nitrogens with one attached hydrogen (secondary N) is 1. The van der Waals surface area contributed by atoms with Gasteiger partial charge in [0.2, 0.25) is 0 Å². The molecule has 0 amide bonds. The molecule has 1 saturated carbocycles. The van der Waals surface area contributed by atoms with Crippen LogP contribution in [0.15, 0.2) is 47.8 Å². The van der Waals surface area contributed by atoms with Crippen molar-refractivity contribution in [1.29, 1.82) is 0 Å². The summed E-state index contributed by atoms with van der Waals surface area (Å²) in [7, 11) is 1.71. The first kappa shape index (κ1) is 21.4. The maximum atomic E-state index is 14.2. The molecule has 2 aliphatic rings. The Morgan fingerprint density at radius 2 is 2.12 bits per heavy atom. The third-order valence-electron chi connectivity index (χ3n) is 7.01. The topological polar surface area (TPSA) is 76.7 Å². The number of aromatic nitrogens is 4. The van der Waals surface area contributed by atoms with Crippen molar-refractivity contribution < 1.29 is 9.13 Å². The average Bonchev–Trinajstić information content (AvgIpc) is 3.21. The lowest BCUT2D eigenvalue weighted by atomic mass is 9.62. The molecule has 0 bridgehead atoms. The van der Waals surface area contributed by atoms with Crippen molar-refractivity contribution >= 4 is 33.7 Å². The number of likely N-dealkylation sites (tertiary alicyclic amines) is 1. The zero-order chi connectivity index (χ0) is 23.4. The van der Waals surface area contributed by atoms with Crippen molar-refractivity contribution in [3.63, 3.8) is 0 Å².